The van der Waals surface area contributed by atoms with E-state index >= 15 is 0 Å². The number of hydrogen-bond acceptors (Lipinski definition) is 6. The van der Waals surface area contributed by atoms with Gasteiger partial charge in [-0.2, -0.15) is 5.10 Å². The summed E-state index contributed by atoms with van der Waals surface area (Å²) in [4.78, 5) is 19.3. The highest BCUT2D eigenvalue weighted by Gasteiger charge is 2.32. The molecule has 9 heteroatoms. The molecule has 0 radical (unpaired) electrons. The van der Waals surface area contributed by atoms with Crippen LogP contribution in [0.15, 0.2) is 53.9 Å². The van der Waals surface area contributed by atoms with Gasteiger partial charge in [0, 0.05) is 0 Å². The number of aromatic nitrogens is 3. The van der Waals surface area contributed by atoms with E-state index < -0.39 is 9.84 Å². The van der Waals surface area contributed by atoms with Gasteiger partial charge in [0.25, 0.3) is 5.91 Å². The van der Waals surface area contributed by atoms with Gasteiger partial charge in [0.15, 0.2) is 15.5 Å². The molecule has 0 spiro atoms. The van der Waals surface area contributed by atoms with E-state index in [0.29, 0.717) is 34.4 Å². The molecule has 1 saturated heterocycles. The first-order chi connectivity index (χ1) is 15.8. The van der Waals surface area contributed by atoms with E-state index in [-0.39, 0.29) is 29.5 Å². The normalized spacial score (nSPS) is 18.4. The number of carbonyl (C=O) groups excluding carboxylic acids is 1. The Bertz CT molecular complexity index is 1430. The number of pyridine rings is 1. The van der Waals surface area contributed by atoms with E-state index in [2.05, 4.69) is 10.4 Å². The zero-order chi connectivity index (χ0) is 23.2. The van der Waals surface area contributed by atoms with Crippen molar-refractivity contribution in [2.75, 3.05) is 11.5 Å². The molecule has 170 valence electrons. The Kier molecular flexibility index (Phi) is 5.54. The fourth-order valence-electron chi connectivity index (χ4n) is 4.36. The van der Waals surface area contributed by atoms with Gasteiger partial charge in [-0.15, -0.1) is 11.3 Å². The average Bonchev–Trinajstić information content (AvgIpc) is 3.53. The van der Waals surface area contributed by atoms with E-state index in [1.54, 1.807) is 16.0 Å². The summed E-state index contributed by atoms with van der Waals surface area (Å²) >= 11 is 1.54. The van der Waals surface area contributed by atoms with Crippen molar-refractivity contribution in [1.29, 1.82) is 0 Å². The summed E-state index contributed by atoms with van der Waals surface area (Å²) in [6, 6.07) is 15.0. The van der Waals surface area contributed by atoms with Gasteiger partial charge >= 0.3 is 0 Å². The number of thiophene rings is 1. The van der Waals surface area contributed by atoms with Crippen LogP contribution < -0.4 is 5.32 Å². The zero-order valence-corrected chi connectivity index (χ0v) is 20.0. The van der Waals surface area contributed by atoms with Crippen molar-refractivity contribution >= 4 is 38.1 Å². The van der Waals surface area contributed by atoms with Gasteiger partial charge in [0.2, 0.25) is 0 Å². The van der Waals surface area contributed by atoms with Gasteiger partial charge in [0.05, 0.1) is 50.8 Å². The van der Waals surface area contributed by atoms with Gasteiger partial charge in [-0.1, -0.05) is 36.4 Å². The summed E-state index contributed by atoms with van der Waals surface area (Å²) in [5.74, 6) is -0.0241. The molecule has 4 aromatic rings. The van der Waals surface area contributed by atoms with E-state index in [0.717, 1.165) is 10.4 Å². The second kappa shape index (κ2) is 8.39. The predicted octanol–water partition coefficient (Wildman–Crippen LogP) is 4.32. The Morgan fingerprint density at radius 1 is 1.21 bits per heavy atom. The standard InChI is InChI=1S/C24H24N4O3S2/c1-15(17-7-4-3-5-8-17)25-24(29)19-13-20(21-9-6-11-32-21)26-23-22(19)16(2)27-28(23)18-10-12-33(30,31)14-18/h3-9,11,13,15,18H,10,12,14H2,1-2H3,(H,25,29)/t15-,18-/m0/s1. The Morgan fingerprint density at radius 2 is 2.00 bits per heavy atom. The lowest BCUT2D eigenvalue weighted by Crippen LogP contribution is -2.27. The largest absolute Gasteiger partial charge is 0.345 e. The molecule has 1 aromatic carbocycles. The molecule has 2 atom stereocenters. The number of amides is 1. The number of nitrogens with zero attached hydrogens (tertiary/aromatic N) is 3. The van der Waals surface area contributed by atoms with Crippen molar-refractivity contribution in [3.63, 3.8) is 0 Å². The minimum absolute atomic E-state index is 0.0424. The van der Waals surface area contributed by atoms with Gasteiger partial charge in [-0.05, 0) is 43.3 Å². The summed E-state index contributed by atoms with van der Waals surface area (Å²) in [5, 5.41) is 10.4. The molecule has 1 amide bonds. The molecule has 0 bridgehead atoms. The third-order valence-electron chi connectivity index (χ3n) is 6.06. The fourth-order valence-corrected chi connectivity index (χ4v) is 6.74. The second-order valence-electron chi connectivity index (χ2n) is 8.42. The number of carbonyl (C=O) groups is 1. The molecule has 1 fully saturated rings. The van der Waals surface area contributed by atoms with Crippen LogP contribution in [0.4, 0.5) is 0 Å². The van der Waals surface area contributed by atoms with Gasteiger partial charge in [0.1, 0.15) is 0 Å². The number of fused-ring (bicyclic) bond motifs is 1. The zero-order valence-electron chi connectivity index (χ0n) is 18.4. The van der Waals surface area contributed by atoms with Crippen LogP contribution in [0.2, 0.25) is 0 Å². The molecular formula is C24H24N4O3S2. The first kappa shape index (κ1) is 21.8. The summed E-state index contributed by atoms with van der Waals surface area (Å²) in [6.07, 6.45) is 0.496. The second-order valence-corrected chi connectivity index (χ2v) is 11.6. The molecule has 0 saturated carbocycles. The van der Waals surface area contributed by atoms with Crippen molar-refractivity contribution < 1.29 is 13.2 Å². The highest BCUT2D eigenvalue weighted by molar-refractivity contribution is 7.91. The number of sulfone groups is 1. The minimum atomic E-state index is -3.10. The van der Waals surface area contributed by atoms with E-state index in [9.17, 15) is 13.2 Å². The van der Waals surface area contributed by atoms with Crippen LogP contribution >= 0.6 is 11.3 Å². The SMILES string of the molecule is Cc1nn([C@H]2CCS(=O)(=O)C2)c2nc(-c3cccs3)cc(C(=O)N[C@@H](C)c3ccccc3)c12. The highest BCUT2D eigenvalue weighted by atomic mass is 32.2. The smallest absolute Gasteiger partial charge is 0.252 e. The minimum Gasteiger partial charge on any atom is -0.345 e. The number of nitrogens with one attached hydrogen (secondary N) is 1. The quantitative estimate of drug-likeness (QED) is 0.459. The predicted molar refractivity (Wildman–Crippen MR) is 130 cm³/mol. The van der Waals surface area contributed by atoms with Crippen molar-refractivity contribution in [2.24, 2.45) is 0 Å². The van der Waals surface area contributed by atoms with Gasteiger partial charge < -0.3 is 5.32 Å². The Hall–Kier alpha value is -3.04. The molecule has 1 aliphatic heterocycles. The van der Waals surface area contributed by atoms with E-state index in [1.165, 1.54) is 0 Å². The molecule has 0 aliphatic carbocycles. The van der Waals surface area contributed by atoms with Crippen molar-refractivity contribution in [2.45, 2.75) is 32.4 Å². The average molecular weight is 481 g/mol. The number of benzene rings is 1. The molecule has 5 rings (SSSR count). The lowest BCUT2D eigenvalue weighted by molar-refractivity contribution is 0.0941. The third kappa shape index (κ3) is 4.18. The molecule has 4 heterocycles. The summed E-state index contributed by atoms with van der Waals surface area (Å²) in [7, 11) is -3.10. The van der Waals surface area contributed by atoms with E-state index in [4.69, 9.17) is 4.98 Å². The topological polar surface area (TPSA) is 93.9 Å². The number of hydrogen-bond donors (Lipinski definition) is 1. The summed E-state index contributed by atoms with van der Waals surface area (Å²) < 4.78 is 25.9. The van der Waals surface area contributed by atoms with Crippen LogP contribution in [0, 0.1) is 6.92 Å². The molecule has 7 nitrogen and oxygen atoms in total. The third-order valence-corrected chi connectivity index (χ3v) is 8.70. The molecular weight excluding hydrogens is 456 g/mol. The lowest BCUT2D eigenvalue weighted by atomic mass is 10.1. The van der Waals surface area contributed by atoms with Crippen molar-refractivity contribution in [3.05, 3.63) is 70.7 Å². The summed E-state index contributed by atoms with van der Waals surface area (Å²) in [6.45, 7) is 3.79. The first-order valence-electron chi connectivity index (χ1n) is 10.8. The van der Waals surface area contributed by atoms with Gasteiger partial charge in [-0.25, -0.2) is 18.1 Å². The summed E-state index contributed by atoms with van der Waals surface area (Å²) in [5.41, 5.74) is 3.40. The lowest BCUT2D eigenvalue weighted by Gasteiger charge is -2.16. The molecule has 1 aliphatic rings. The molecule has 3 aromatic heterocycles. The first-order valence-corrected chi connectivity index (χ1v) is 13.5. The Morgan fingerprint density at radius 3 is 2.67 bits per heavy atom. The van der Waals surface area contributed by atoms with Crippen molar-refractivity contribution in [1.82, 2.24) is 20.1 Å². The fraction of sp³-hybridized carbons (Fsp3) is 0.292. The van der Waals surface area contributed by atoms with Crippen LogP contribution in [0.3, 0.4) is 0 Å². The van der Waals surface area contributed by atoms with Crippen LogP contribution in [0.25, 0.3) is 21.6 Å². The van der Waals surface area contributed by atoms with Crippen LogP contribution in [0.1, 0.15) is 47.0 Å². The van der Waals surface area contributed by atoms with Crippen LogP contribution in [-0.2, 0) is 9.84 Å². The highest BCUT2D eigenvalue weighted by Crippen LogP contribution is 2.33. The van der Waals surface area contributed by atoms with Crippen molar-refractivity contribution in [3.8, 4) is 10.6 Å². The number of rotatable bonds is 5. The molecule has 1 N–H and O–H groups in total. The number of aryl methyl sites for hydroxylation is 1. The maximum absolute atomic E-state index is 13.5. The van der Waals surface area contributed by atoms with E-state index in [1.807, 2.05) is 67.8 Å². The monoisotopic (exact) mass is 480 g/mol. The van der Waals surface area contributed by atoms with Gasteiger partial charge in [-0.3, -0.25) is 4.79 Å². The van der Waals surface area contributed by atoms with Crippen LogP contribution in [-0.4, -0.2) is 40.6 Å². The Labute approximate surface area is 196 Å². The van der Waals surface area contributed by atoms with Crippen LogP contribution in [0.5, 0.6) is 0 Å². The molecule has 33 heavy (non-hydrogen) atoms. The maximum atomic E-state index is 13.5. The molecule has 0 unspecified atom stereocenters. The maximum Gasteiger partial charge on any atom is 0.252 e. The Balaban J connectivity index is 1.62.